The molecule has 1 aliphatic carbocycles. The summed E-state index contributed by atoms with van der Waals surface area (Å²) in [5.41, 5.74) is 0.198. The van der Waals surface area contributed by atoms with E-state index in [1.54, 1.807) is 13.0 Å². The number of Topliss-reactive ketones (excluding diaryl/α,β-unsaturated/α-hetero) is 1. The van der Waals surface area contributed by atoms with Crippen LogP contribution in [-0.4, -0.2) is 32.1 Å². The molecule has 0 amide bonds. The van der Waals surface area contributed by atoms with Gasteiger partial charge in [0.1, 0.15) is 0 Å². The molecule has 2 rings (SSSR count). The summed E-state index contributed by atoms with van der Waals surface area (Å²) in [5.74, 6) is -0.0137. The molecule has 0 atom stereocenters. The van der Waals surface area contributed by atoms with Crippen molar-refractivity contribution in [2.75, 3.05) is 20.3 Å². The summed E-state index contributed by atoms with van der Waals surface area (Å²) in [6.45, 7) is 2.44. The van der Waals surface area contributed by atoms with Crippen molar-refractivity contribution in [2.24, 2.45) is 5.92 Å². The van der Waals surface area contributed by atoms with Crippen LogP contribution in [0.15, 0.2) is 16.6 Å². The van der Waals surface area contributed by atoms with Gasteiger partial charge in [-0.2, -0.15) is 0 Å². The highest BCUT2D eigenvalue weighted by Gasteiger charge is 2.25. The van der Waals surface area contributed by atoms with Crippen molar-refractivity contribution in [3.63, 3.8) is 0 Å². The Morgan fingerprint density at radius 2 is 2.00 bits per heavy atom. The summed E-state index contributed by atoms with van der Waals surface area (Å²) < 4.78 is 16.1. The molecule has 0 radical (unpaired) electrons. The van der Waals surface area contributed by atoms with Gasteiger partial charge in [0.2, 0.25) is 0 Å². The van der Waals surface area contributed by atoms with E-state index in [9.17, 15) is 9.59 Å². The predicted octanol–water partition coefficient (Wildman–Crippen LogP) is 2.99. The maximum absolute atomic E-state index is 12.0. The van der Waals surface area contributed by atoms with Crippen LogP contribution in [0.25, 0.3) is 0 Å². The van der Waals surface area contributed by atoms with Gasteiger partial charge in [-0.15, -0.1) is 0 Å². The lowest BCUT2D eigenvalue weighted by Crippen LogP contribution is -2.18. The summed E-state index contributed by atoms with van der Waals surface area (Å²) in [7, 11) is 1.49. The fourth-order valence-corrected chi connectivity index (χ4v) is 2.28. The van der Waals surface area contributed by atoms with E-state index in [1.165, 1.54) is 26.0 Å². The standard InChI is InChI=1S/C15H17BrO5/c1-3-20-15(18)14(17)10-6-12(19-2)13(7-11(10)16)21-8-9-4-5-9/h6-7,9H,3-5,8H2,1-2H3. The molecule has 0 spiro atoms. The van der Waals surface area contributed by atoms with Crippen LogP contribution < -0.4 is 9.47 Å². The SMILES string of the molecule is CCOC(=O)C(=O)c1cc(OC)c(OCC2CC2)cc1Br. The monoisotopic (exact) mass is 356 g/mol. The second-order valence-corrected chi connectivity index (χ2v) is 5.64. The molecular formula is C15H17BrO5. The van der Waals surface area contributed by atoms with Gasteiger partial charge in [-0.05, 0) is 53.7 Å². The minimum absolute atomic E-state index is 0.155. The van der Waals surface area contributed by atoms with Gasteiger partial charge >= 0.3 is 5.97 Å². The summed E-state index contributed by atoms with van der Waals surface area (Å²) in [6, 6.07) is 3.14. The molecule has 1 aromatic carbocycles. The smallest absolute Gasteiger partial charge is 0.379 e. The first-order valence-electron chi connectivity index (χ1n) is 6.78. The first-order chi connectivity index (χ1) is 10.1. The lowest BCUT2D eigenvalue weighted by molar-refractivity contribution is -0.137. The number of hydrogen-bond donors (Lipinski definition) is 0. The largest absolute Gasteiger partial charge is 0.493 e. The highest BCUT2D eigenvalue weighted by Crippen LogP contribution is 2.36. The maximum Gasteiger partial charge on any atom is 0.379 e. The molecule has 5 nitrogen and oxygen atoms in total. The molecule has 21 heavy (non-hydrogen) atoms. The van der Waals surface area contributed by atoms with Gasteiger partial charge in [0.05, 0.1) is 20.3 Å². The van der Waals surface area contributed by atoms with Crippen LogP contribution >= 0.6 is 15.9 Å². The van der Waals surface area contributed by atoms with Gasteiger partial charge in [-0.1, -0.05) is 0 Å². The fraction of sp³-hybridized carbons (Fsp3) is 0.467. The van der Waals surface area contributed by atoms with Crippen LogP contribution in [0.2, 0.25) is 0 Å². The minimum atomic E-state index is -0.882. The van der Waals surface area contributed by atoms with Gasteiger partial charge in [0.15, 0.2) is 11.5 Å². The van der Waals surface area contributed by atoms with Crippen molar-refractivity contribution in [2.45, 2.75) is 19.8 Å². The average molecular weight is 357 g/mol. The van der Waals surface area contributed by atoms with Crippen molar-refractivity contribution in [1.82, 2.24) is 0 Å². The molecule has 0 N–H and O–H groups in total. The quantitative estimate of drug-likeness (QED) is 0.427. The van der Waals surface area contributed by atoms with Gasteiger partial charge in [0.25, 0.3) is 5.78 Å². The van der Waals surface area contributed by atoms with Crippen LogP contribution in [0.4, 0.5) is 0 Å². The predicted molar refractivity (Wildman–Crippen MR) is 79.9 cm³/mol. The summed E-state index contributed by atoms with van der Waals surface area (Å²) in [4.78, 5) is 23.5. The van der Waals surface area contributed by atoms with E-state index in [0.29, 0.717) is 28.5 Å². The first-order valence-corrected chi connectivity index (χ1v) is 7.57. The Balaban J connectivity index is 2.22. The second-order valence-electron chi connectivity index (χ2n) is 4.79. The second kappa shape index (κ2) is 6.93. The van der Waals surface area contributed by atoms with E-state index < -0.39 is 11.8 Å². The van der Waals surface area contributed by atoms with Crippen molar-refractivity contribution in [3.05, 3.63) is 22.2 Å². The molecule has 0 saturated heterocycles. The minimum Gasteiger partial charge on any atom is -0.493 e. The summed E-state index contributed by atoms with van der Waals surface area (Å²) >= 11 is 3.29. The number of benzene rings is 1. The molecule has 114 valence electrons. The van der Waals surface area contributed by atoms with E-state index >= 15 is 0 Å². The normalized spacial score (nSPS) is 13.7. The molecule has 1 fully saturated rings. The number of methoxy groups -OCH3 is 1. The molecule has 6 heteroatoms. The topological polar surface area (TPSA) is 61.8 Å². The fourth-order valence-electron chi connectivity index (χ4n) is 1.78. The Bertz CT molecular complexity index is 551. The van der Waals surface area contributed by atoms with Crippen molar-refractivity contribution >= 4 is 27.7 Å². The van der Waals surface area contributed by atoms with Crippen molar-refractivity contribution in [3.8, 4) is 11.5 Å². The third-order valence-electron chi connectivity index (χ3n) is 3.13. The van der Waals surface area contributed by atoms with E-state index in [2.05, 4.69) is 15.9 Å². The van der Waals surface area contributed by atoms with Crippen molar-refractivity contribution < 1.29 is 23.8 Å². The summed E-state index contributed by atoms with van der Waals surface area (Å²) in [6.07, 6.45) is 2.37. The van der Waals surface area contributed by atoms with Gasteiger partial charge in [0, 0.05) is 10.0 Å². The zero-order chi connectivity index (χ0) is 15.4. The highest BCUT2D eigenvalue weighted by molar-refractivity contribution is 9.10. The summed E-state index contributed by atoms with van der Waals surface area (Å²) in [5, 5.41) is 0. The van der Waals surface area contributed by atoms with Gasteiger partial charge in [-0.3, -0.25) is 4.79 Å². The van der Waals surface area contributed by atoms with Crippen LogP contribution in [0.1, 0.15) is 30.1 Å². The Morgan fingerprint density at radius 3 is 2.57 bits per heavy atom. The zero-order valence-corrected chi connectivity index (χ0v) is 13.6. The number of ketones is 1. The van der Waals surface area contributed by atoms with E-state index in [-0.39, 0.29) is 12.2 Å². The molecule has 0 bridgehead atoms. The Hall–Kier alpha value is -1.56. The Morgan fingerprint density at radius 1 is 1.29 bits per heavy atom. The Labute approximate surface area is 131 Å². The molecule has 1 aromatic rings. The highest BCUT2D eigenvalue weighted by atomic mass is 79.9. The van der Waals surface area contributed by atoms with E-state index in [4.69, 9.17) is 14.2 Å². The molecule has 0 heterocycles. The van der Waals surface area contributed by atoms with Crippen LogP contribution in [0.3, 0.4) is 0 Å². The molecule has 1 aliphatic rings. The molecule has 1 saturated carbocycles. The number of halogens is 1. The Kier molecular flexibility index (Phi) is 5.22. The molecular weight excluding hydrogens is 340 g/mol. The molecule has 0 unspecified atom stereocenters. The number of rotatable bonds is 7. The van der Waals surface area contributed by atoms with Gasteiger partial charge < -0.3 is 14.2 Å². The maximum atomic E-state index is 12.0. The third-order valence-corrected chi connectivity index (χ3v) is 3.79. The van der Waals surface area contributed by atoms with Gasteiger partial charge in [-0.25, -0.2) is 4.79 Å². The van der Waals surface area contributed by atoms with Crippen molar-refractivity contribution in [1.29, 1.82) is 0 Å². The number of ether oxygens (including phenoxy) is 3. The lowest BCUT2D eigenvalue weighted by Gasteiger charge is -2.13. The number of hydrogen-bond acceptors (Lipinski definition) is 5. The molecule has 0 aliphatic heterocycles. The number of carbonyl (C=O) groups excluding carboxylic acids is 2. The van der Waals surface area contributed by atoms with Crippen LogP contribution in [0.5, 0.6) is 11.5 Å². The average Bonchev–Trinajstić information content (AvgIpc) is 3.29. The zero-order valence-electron chi connectivity index (χ0n) is 12.0. The van der Waals surface area contributed by atoms with Crippen LogP contribution in [-0.2, 0) is 9.53 Å². The lowest BCUT2D eigenvalue weighted by atomic mass is 10.1. The van der Waals surface area contributed by atoms with Crippen LogP contribution in [0, 0.1) is 5.92 Å². The molecule has 0 aromatic heterocycles. The van der Waals surface area contributed by atoms with E-state index in [1.807, 2.05) is 0 Å². The number of carbonyl (C=O) groups is 2. The number of esters is 1. The first kappa shape index (κ1) is 15.8. The van der Waals surface area contributed by atoms with E-state index in [0.717, 1.165) is 0 Å². The third kappa shape index (κ3) is 3.97.